The van der Waals surface area contributed by atoms with Gasteiger partial charge in [0.15, 0.2) is 0 Å². The zero-order valence-corrected chi connectivity index (χ0v) is 9.38. The van der Waals surface area contributed by atoms with Crippen LogP contribution >= 0.6 is 31.9 Å². The molecule has 0 radical (unpaired) electrons. The first-order valence-electron chi connectivity index (χ1n) is 3.02. The second-order valence-electron chi connectivity index (χ2n) is 2.36. The molecule has 1 nitrogen and oxygen atoms in total. The molecule has 1 heterocycles. The highest BCUT2D eigenvalue weighted by Crippen LogP contribution is 2.31. The van der Waals surface area contributed by atoms with Gasteiger partial charge in [0, 0.05) is 18.4 Å². The van der Waals surface area contributed by atoms with Crippen molar-refractivity contribution in [2.24, 2.45) is 7.05 Å². The third-order valence-corrected chi connectivity index (χ3v) is 4.31. The molecule has 56 valence electrons. The lowest BCUT2D eigenvalue weighted by Gasteiger charge is -1.97. The van der Waals surface area contributed by atoms with Gasteiger partial charge in [-0.25, -0.2) is 0 Å². The smallest absolute Gasteiger partial charge is 0.0526 e. The van der Waals surface area contributed by atoms with Crippen LogP contribution in [0.3, 0.4) is 0 Å². The summed E-state index contributed by atoms with van der Waals surface area (Å²) in [5.41, 5.74) is 2.51. The van der Waals surface area contributed by atoms with E-state index in [0.29, 0.717) is 0 Å². The van der Waals surface area contributed by atoms with Gasteiger partial charge in [0.2, 0.25) is 0 Å². The summed E-state index contributed by atoms with van der Waals surface area (Å²) < 4.78 is 4.47. The van der Waals surface area contributed by atoms with E-state index >= 15 is 0 Å². The summed E-state index contributed by atoms with van der Waals surface area (Å²) in [4.78, 5) is 0. The Morgan fingerprint density at radius 2 is 1.30 bits per heavy atom. The summed E-state index contributed by atoms with van der Waals surface area (Å²) in [6.07, 6.45) is 0. The fraction of sp³-hybridized carbons (Fsp3) is 0.429. The van der Waals surface area contributed by atoms with Crippen molar-refractivity contribution >= 4 is 31.9 Å². The summed E-state index contributed by atoms with van der Waals surface area (Å²) in [6.45, 7) is 4.17. The van der Waals surface area contributed by atoms with E-state index in [0.717, 1.165) is 8.95 Å². The van der Waals surface area contributed by atoms with E-state index in [1.807, 2.05) is 0 Å². The van der Waals surface area contributed by atoms with Crippen LogP contribution < -0.4 is 0 Å². The number of hydrogen-bond acceptors (Lipinski definition) is 0. The van der Waals surface area contributed by atoms with Gasteiger partial charge in [0.25, 0.3) is 0 Å². The topological polar surface area (TPSA) is 4.93 Å². The van der Waals surface area contributed by atoms with Crippen molar-refractivity contribution in [3.8, 4) is 0 Å². The maximum atomic E-state index is 3.48. The van der Waals surface area contributed by atoms with E-state index in [4.69, 9.17) is 0 Å². The molecule has 0 saturated heterocycles. The molecule has 0 atom stereocenters. The van der Waals surface area contributed by atoms with Crippen LogP contribution in [0.1, 0.15) is 11.4 Å². The van der Waals surface area contributed by atoms with Crippen LogP contribution in [0.4, 0.5) is 0 Å². The molecule has 0 aliphatic heterocycles. The van der Waals surface area contributed by atoms with E-state index in [9.17, 15) is 0 Å². The molecule has 0 spiro atoms. The molecule has 1 aromatic heterocycles. The summed E-state index contributed by atoms with van der Waals surface area (Å²) in [5.74, 6) is 0. The van der Waals surface area contributed by atoms with E-state index < -0.39 is 0 Å². The van der Waals surface area contributed by atoms with Gasteiger partial charge in [-0.05, 0) is 45.7 Å². The molecule has 0 unspecified atom stereocenters. The normalized spacial score (nSPS) is 10.5. The second kappa shape index (κ2) is 2.70. The molecule has 1 aromatic rings. The first-order chi connectivity index (χ1) is 4.55. The molecule has 10 heavy (non-hydrogen) atoms. The number of nitrogens with zero attached hydrogens (tertiary/aromatic N) is 1. The highest BCUT2D eigenvalue weighted by molar-refractivity contribution is 9.13. The van der Waals surface area contributed by atoms with Gasteiger partial charge in [-0.2, -0.15) is 0 Å². The Morgan fingerprint density at radius 1 is 1.00 bits per heavy atom. The number of aromatic nitrogens is 1. The van der Waals surface area contributed by atoms with Gasteiger partial charge in [0.1, 0.15) is 0 Å². The third kappa shape index (κ3) is 1.05. The molecule has 0 aliphatic carbocycles. The zero-order chi connectivity index (χ0) is 7.89. The molecule has 0 aromatic carbocycles. The van der Waals surface area contributed by atoms with Gasteiger partial charge in [-0.1, -0.05) is 0 Å². The first-order valence-corrected chi connectivity index (χ1v) is 4.61. The van der Waals surface area contributed by atoms with Crippen LogP contribution in [0, 0.1) is 13.8 Å². The minimum absolute atomic E-state index is 1.16. The Kier molecular flexibility index (Phi) is 2.25. The van der Waals surface area contributed by atoms with Crippen molar-refractivity contribution in [3.05, 3.63) is 20.3 Å². The Hall–Kier alpha value is 0.240. The van der Waals surface area contributed by atoms with Gasteiger partial charge in [-0.3, -0.25) is 0 Å². The predicted octanol–water partition coefficient (Wildman–Crippen LogP) is 3.17. The molecule has 0 aliphatic rings. The van der Waals surface area contributed by atoms with Crippen molar-refractivity contribution in [2.75, 3.05) is 0 Å². The fourth-order valence-corrected chi connectivity index (χ4v) is 1.97. The van der Waals surface area contributed by atoms with Gasteiger partial charge >= 0.3 is 0 Å². The number of halogens is 2. The van der Waals surface area contributed by atoms with Gasteiger partial charge in [-0.15, -0.1) is 0 Å². The summed E-state index contributed by atoms with van der Waals surface area (Å²) in [5, 5.41) is 0. The molecule has 3 heteroatoms. The highest BCUT2D eigenvalue weighted by atomic mass is 79.9. The van der Waals surface area contributed by atoms with Crippen molar-refractivity contribution < 1.29 is 0 Å². The van der Waals surface area contributed by atoms with Crippen LogP contribution in [0.15, 0.2) is 8.95 Å². The first kappa shape index (κ1) is 8.34. The largest absolute Gasteiger partial charge is 0.350 e. The van der Waals surface area contributed by atoms with Crippen LogP contribution in [0.2, 0.25) is 0 Å². The lowest BCUT2D eigenvalue weighted by Crippen LogP contribution is -1.92. The Morgan fingerprint density at radius 3 is 1.40 bits per heavy atom. The monoisotopic (exact) mass is 265 g/mol. The molecule has 1 rings (SSSR count). The Balaban J connectivity index is 3.44. The van der Waals surface area contributed by atoms with E-state index in [1.165, 1.54) is 11.4 Å². The van der Waals surface area contributed by atoms with Crippen molar-refractivity contribution in [3.63, 3.8) is 0 Å². The van der Waals surface area contributed by atoms with Crippen LogP contribution in [-0.2, 0) is 7.05 Å². The lowest BCUT2D eigenvalue weighted by atomic mass is 10.5. The molecule has 0 saturated carbocycles. The van der Waals surface area contributed by atoms with E-state index in [1.54, 1.807) is 0 Å². The minimum Gasteiger partial charge on any atom is -0.350 e. The van der Waals surface area contributed by atoms with Gasteiger partial charge in [0.05, 0.1) is 8.95 Å². The average Bonchev–Trinajstić information content (AvgIpc) is 2.07. The highest BCUT2D eigenvalue weighted by Gasteiger charge is 2.09. The molecular weight excluding hydrogens is 258 g/mol. The maximum absolute atomic E-state index is 3.48. The zero-order valence-electron chi connectivity index (χ0n) is 6.20. The third-order valence-electron chi connectivity index (χ3n) is 1.83. The molecule has 0 bridgehead atoms. The summed E-state index contributed by atoms with van der Waals surface area (Å²) in [6, 6.07) is 0. The molecule has 0 fully saturated rings. The second-order valence-corrected chi connectivity index (χ2v) is 3.94. The Labute approximate surface area is 77.7 Å². The quantitative estimate of drug-likeness (QED) is 0.680. The van der Waals surface area contributed by atoms with Crippen LogP contribution in [-0.4, -0.2) is 4.57 Å². The number of hydrogen-bond donors (Lipinski definition) is 0. The van der Waals surface area contributed by atoms with Crippen molar-refractivity contribution in [2.45, 2.75) is 13.8 Å². The molecule has 0 N–H and O–H groups in total. The summed E-state index contributed by atoms with van der Waals surface area (Å²) in [7, 11) is 2.06. The van der Waals surface area contributed by atoms with Gasteiger partial charge < -0.3 is 4.57 Å². The maximum Gasteiger partial charge on any atom is 0.0526 e. The van der Waals surface area contributed by atoms with Crippen LogP contribution in [0.25, 0.3) is 0 Å². The minimum atomic E-state index is 1.16. The fourth-order valence-electron chi connectivity index (χ4n) is 0.864. The van der Waals surface area contributed by atoms with E-state index in [2.05, 4.69) is 57.3 Å². The van der Waals surface area contributed by atoms with Crippen molar-refractivity contribution in [1.82, 2.24) is 4.57 Å². The predicted molar refractivity (Wildman–Crippen MR) is 50.3 cm³/mol. The van der Waals surface area contributed by atoms with Crippen LogP contribution in [0.5, 0.6) is 0 Å². The average molecular weight is 267 g/mol. The SMILES string of the molecule is Cc1c(Br)c(Br)c(C)n1C. The molecule has 0 amide bonds. The summed E-state index contributed by atoms with van der Waals surface area (Å²) >= 11 is 6.97. The molecular formula is C7H9Br2N. The lowest BCUT2D eigenvalue weighted by molar-refractivity contribution is 0.840. The number of rotatable bonds is 0. The Bertz CT molecular complexity index is 183. The van der Waals surface area contributed by atoms with Crippen molar-refractivity contribution in [1.29, 1.82) is 0 Å². The van der Waals surface area contributed by atoms with E-state index in [-0.39, 0.29) is 0 Å². The standard InChI is InChI=1S/C7H9Br2N/c1-4-6(8)7(9)5(2)10(4)3/h1-3H3.